The number of esters is 1. The molecule has 1 aromatic rings. The highest BCUT2D eigenvalue weighted by molar-refractivity contribution is 7.13. The Morgan fingerprint density at radius 1 is 1.50 bits per heavy atom. The predicted molar refractivity (Wildman–Crippen MR) is 75.3 cm³/mol. The molecule has 0 unspecified atom stereocenters. The van der Waals surface area contributed by atoms with Gasteiger partial charge in [0.25, 0.3) is 0 Å². The first kappa shape index (κ1) is 14.7. The third-order valence-corrected chi connectivity index (χ3v) is 3.04. The summed E-state index contributed by atoms with van der Waals surface area (Å²) in [7, 11) is 0. The quantitative estimate of drug-likeness (QED) is 0.468. The second kappa shape index (κ2) is 7.87. The lowest BCUT2D eigenvalue weighted by Crippen LogP contribution is -2.08. The molecule has 0 aliphatic rings. The van der Waals surface area contributed by atoms with Gasteiger partial charge >= 0.3 is 5.97 Å². The van der Waals surface area contributed by atoms with Gasteiger partial charge < -0.3 is 10.5 Å². The summed E-state index contributed by atoms with van der Waals surface area (Å²) in [5, 5.41) is 2.26. The number of hydrogen-bond acceptors (Lipinski definition) is 5. The van der Waals surface area contributed by atoms with Crippen molar-refractivity contribution in [3.63, 3.8) is 0 Å². The normalized spacial score (nSPS) is 11.6. The molecule has 0 aromatic carbocycles. The van der Waals surface area contributed by atoms with Gasteiger partial charge in [-0.25, -0.2) is 9.78 Å². The largest absolute Gasteiger partial charge is 0.462 e. The summed E-state index contributed by atoms with van der Waals surface area (Å²) in [6.45, 7) is 4.52. The van der Waals surface area contributed by atoms with Crippen LogP contribution in [0.15, 0.2) is 11.5 Å². The van der Waals surface area contributed by atoms with Crippen molar-refractivity contribution in [3.8, 4) is 0 Å². The first-order valence-corrected chi connectivity index (χ1v) is 7.15. The van der Waals surface area contributed by atoms with Gasteiger partial charge in [0.2, 0.25) is 0 Å². The van der Waals surface area contributed by atoms with E-state index in [1.807, 2.05) is 13.0 Å². The minimum absolute atomic E-state index is 0.307. The number of hydrogen-bond donors (Lipinski definition) is 1. The van der Waals surface area contributed by atoms with Crippen molar-refractivity contribution in [2.24, 2.45) is 0 Å². The van der Waals surface area contributed by atoms with Crippen molar-refractivity contribution in [1.29, 1.82) is 0 Å². The molecule has 1 heterocycles. The van der Waals surface area contributed by atoms with Crippen LogP contribution in [0.3, 0.4) is 0 Å². The number of ether oxygens (including phenoxy) is 1. The van der Waals surface area contributed by atoms with E-state index in [2.05, 4.69) is 11.9 Å². The maximum atomic E-state index is 11.9. The number of carbonyl (C=O) groups is 1. The van der Waals surface area contributed by atoms with Crippen molar-refractivity contribution in [2.45, 2.75) is 39.5 Å². The summed E-state index contributed by atoms with van der Waals surface area (Å²) in [5.74, 6) is -0.307. The van der Waals surface area contributed by atoms with E-state index in [0.29, 0.717) is 23.0 Å². The minimum Gasteiger partial charge on any atom is -0.462 e. The highest BCUT2D eigenvalue weighted by Crippen LogP contribution is 2.21. The lowest BCUT2D eigenvalue weighted by Gasteiger charge is -2.05. The van der Waals surface area contributed by atoms with Crippen LogP contribution in [0.2, 0.25) is 0 Å². The van der Waals surface area contributed by atoms with E-state index in [0.717, 1.165) is 25.7 Å². The van der Waals surface area contributed by atoms with Gasteiger partial charge in [-0.3, -0.25) is 0 Å². The molecule has 2 N–H and O–H groups in total. The molecule has 0 aliphatic carbocycles. The van der Waals surface area contributed by atoms with Gasteiger partial charge in [-0.15, -0.1) is 11.3 Å². The van der Waals surface area contributed by atoms with Gasteiger partial charge in [0.15, 0.2) is 5.13 Å². The number of nitrogens with two attached hydrogens (primary N) is 1. The number of unbranched alkanes of at least 4 members (excludes halogenated alkanes) is 2. The summed E-state index contributed by atoms with van der Waals surface area (Å²) >= 11 is 1.33. The highest BCUT2D eigenvalue weighted by Gasteiger charge is 2.15. The lowest BCUT2D eigenvalue weighted by molar-refractivity contribution is -0.136. The SMILES string of the molecule is CCCCC=C(C(=O)OCCC)c1csc(N)n1. The summed E-state index contributed by atoms with van der Waals surface area (Å²) in [6.07, 6.45) is 5.70. The molecule has 4 nitrogen and oxygen atoms in total. The Labute approximate surface area is 112 Å². The molecule has 0 atom stereocenters. The smallest absolute Gasteiger partial charge is 0.340 e. The zero-order valence-electron chi connectivity index (χ0n) is 10.9. The molecule has 0 spiro atoms. The molecular formula is C13H20N2O2S. The number of rotatable bonds is 7. The van der Waals surface area contributed by atoms with E-state index in [9.17, 15) is 4.79 Å². The molecule has 0 saturated heterocycles. The molecule has 18 heavy (non-hydrogen) atoms. The van der Waals surface area contributed by atoms with Crippen LogP contribution in [-0.2, 0) is 9.53 Å². The molecule has 1 aromatic heterocycles. The summed E-state index contributed by atoms with van der Waals surface area (Å²) < 4.78 is 5.16. The zero-order chi connectivity index (χ0) is 13.4. The van der Waals surface area contributed by atoms with Crippen LogP contribution in [0.1, 0.15) is 45.2 Å². The maximum Gasteiger partial charge on any atom is 0.340 e. The van der Waals surface area contributed by atoms with Crippen LogP contribution in [0, 0.1) is 0 Å². The fourth-order valence-electron chi connectivity index (χ4n) is 1.43. The summed E-state index contributed by atoms with van der Waals surface area (Å²) in [4.78, 5) is 16.1. The maximum absolute atomic E-state index is 11.9. The zero-order valence-corrected chi connectivity index (χ0v) is 11.8. The van der Waals surface area contributed by atoms with E-state index in [1.165, 1.54) is 11.3 Å². The number of nitrogen functional groups attached to an aromatic ring is 1. The predicted octanol–water partition coefficient (Wildman–Crippen LogP) is 3.25. The van der Waals surface area contributed by atoms with E-state index in [4.69, 9.17) is 10.5 Å². The monoisotopic (exact) mass is 268 g/mol. The number of carbonyl (C=O) groups excluding carboxylic acids is 1. The van der Waals surface area contributed by atoms with E-state index in [1.54, 1.807) is 5.38 Å². The molecule has 0 aliphatic heterocycles. The Kier molecular flexibility index (Phi) is 6.43. The molecular weight excluding hydrogens is 248 g/mol. The fraction of sp³-hybridized carbons (Fsp3) is 0.538. The molecule has 0 fully saturated rings. The first-order chi connectivity index (χ1) is 8.69. The Hall–Kier alpha value is -1.36. The van der Waals surface area contributed by atoms with Crippen molar-refractivity contribution in [1.82, 2.24) is 4.98 Å². The molecule has 0 amide bonds. The molecule has 5 heteroatoms. The van der Waals surface area contributed by atoms with Crippen molar-refractivity contribution in [2.75, 3.05) is 12.3 Å². The summed E-state index contributed by atoms with van der Waals surface area (Å²) in [6, 6.07) is 0. The molecule has 1 rings (SSSR count). The Morgan fingerprint density at radius 2 is 2.28 bits per heavy atom. The second-order valence-electron chi connectivity index (χ2n) is 3.97. The number of nitrogens with zero attached hydrogens (tertiary/aromatic N) is 1. The highest BCUT2D eigenvalue weighted by atomic mass is 32.1. The number of allylic oxidation sites excluding steroid dienone is 1. The van der Waals surface area contributed by atoms with Gasteiger partial charge in [0.05, 0.1) is 17.9 Å². The molecule has 100 valence electrons. The molecule has 0 saturated carbocycles. The third kappa shape index (κ3) is 4.49. The van der Waals surface area contributed by atoms with E-state index < -0.39 is 0 Å². The molecule has 0 radical (unpaired) electrons. The van der Waals surface area contributed by atoms with Crippen LogP contribution in [0.5, 0.6) is 0 Å². The average Bonchev–Trinajstić information content (AvgIpc) is 2.78. The topological polar surface area (TPSA) is 65.2 Å². The molecule has 0 bridgehead atoms. The lowest BCUT2D eigenvalue weighted by atomic mass is 10.1. The first-order valence-electron chi connectivity index (χ1n) is 6.27. The van der Waals surface area contributed by atoms with E-state index in [-0.39, 0.29) is 5.97 Å². The van der Waals surface area contributed by atoms with Crippen LogP contribution >= 0.6 is 11.3 Å². The van der Waals surface area contributed by atoms with Crippen molar-refractivity contribution >= 4 is 28.0 Å². The van der Waals surface area contributed by atoms with Crippen LogP contribution in [0.25, 0.3) is 5.57 Å². The average molecular weight is 268 g/mol. The number of aromatic nitrogens is 1. The minimum atomic E-state index is -0.307. The van der Waals surface area contributed by atoms with Crippen LogP contribution in [0.4, 0.5) is 5.13 Å². The van der Waals surface area contributed by atoms with Crippen molar-refractivity contribution in [3.05, 3.63) is 17.2 Å². The van der Waals surface area contributed by atoms with E-state index >= 15 is 0 Å². The second-order valence-corrected chi connectivity index (χ2v) is 4.86. The Balaban J connectivity index is 2.81. The van der Waals surface area contributed by atoms with Gasteiger partial charge in [-0.05, 0) is 12.8 Å². The van der Waals surface area contributed by atoms with Gasteiger partial charge in [0.1, 0.15) is 0 Å². The number of anilines is 1. The fourth-order valence-corrected chi connectivity index (χ4v) is 1.99. The van der Waals surface area contributed by atoms with Crippen LogP contribution < -0.4 is 5.73 Å². The summed E-state index contributed by atoms with van der Waals surface area (Å²) in [5.41, 5.74) is 6.75. The number of thiazole rings is 1. The Morgan fingerprint density at radius 3 is 2.83 bits per heavy atom. The third-order valence-electron chi connectivity index (χ3n) is 2.36. The van der Waals surface area contributed by atoms with Crippen molar-refractivity contribution < 1.29 is 9.53 Å². The Bertz CT molecular complexity index is 413. The van der Waals surface area contributed by atoms with Gasteiger partial charge in [0, 0.05) is 5.38 Å². The van der Waals surface area contributed by atoms with Crippen LogP contribution in [-0.4, -0.2) is 17.6 Å². The van der Waals surface area contributed by atoms with Gasteiger partial charge in [-0.2, -0.15) is 0 Å². The van der Waals surface area contributed by atoms with Gasteiger partial charge in [-0.1, -0.05) is 32.8 Å². The standard InChI is InChI=1S/C13H20N2O2S/c1-3-5-6-7-10(12(16)17-8-4-2)11-9-18-13(14)15-11/h7,9H,3-6,8H2,1-2H3,(H2,14,15).